The van der Waals surface area contributed by atoms with Crippen LogP contribution in [0.4, 0.5) is 0 Å². The van der Waals surface area contributed by atoms with Crippen molar-refractivity contribution in [1.82, 2.24) is 5.32 Å². The van der Waals surface area contributed by atoms with E-state index >= 15 is 0 Å². The van der Waals surface area contributed by atoms with Gasteiger partial charge in [0, 0.05) is 5.54 Å². The summed E-state index contributed by atoms with van der Waals surface area (Å²) < 4.78 is 12.1. The summed E-state index contributed by atoms with van der Waals surface area (Å²) in [6, 6.07) is 20.5. The number of ether oxygens (including phenoxy) is 2. The Hall–Kier alpha value is -1.68. The van der Waals surface area contributed by atoms with Crippen LogP contribution in [0.5, 0.6) is 0 Å². The number of hydrogen-bond acceptors (Lipinski definition) is 3. The van der Waals surface area contributed by atoms with E-state index in [-0.39, 0.29) is 17.9 Å². The average Bonchev–Trinajstić information content (AvgIpc) is 2.89. The summed E-state index contributed by atoms with van der Waals surface area (Å²) in [4.78, 5) is 0. The Morgan fingerprint density at radius 2 is 1.73 bits per heavy atom. The number of hydrogen-bond donors (Lipinski definition) is 1. The molecular weight excluding hydrogens is 274 g/mol. The zero-order valence-corrected chi connectivity index (χ0v) is 13.2. The highest BCUT2D eigenvalue weighted by atomic mass is 16.6. The lowest BCUT2D eigenvalue weighted by Crippen LogP contribution is -2.42. The molecule has 1 saturated heterocycles. The van der Waals surface area contributed by atoms with Gasteiger partial charge in [-0.2, -0.15) is 0 Å². The lowest BCUT2D eigenvalue weighted by atomic mass is 10.1. The van der Waals surface area contributed by atoms with Gasteiger partial charge in [0.05, 0.1) is 13.2 Å². The van der Waals surface area contributed by atoms with Gasteiger partial charge in [-0.1, -0.05) is 60.7 Å². The molecule has 0 spiro atoms. The molecule has 3 rings (SSSR count). The van der Waals surface area contributed by atoms with Crippen molar-refractivity contribution in [1.29, 1.82) is 0 Å². The van der Waals surface area contributed by atoms with Crippen molar-refractivity contribution in [3.63, 3.8) is 0 Å². The van der Waals surface area contributed by atoms with E-state index in [2.05, 4.69) is 43.4 Å². The third-order valence-electron chi connectivity index (χ3n) is 3.83. The Kier molecular flexibility index (Phi) is 4.57. The number of nitrogens with one attached hydrogen (secondary N) is 1. The third kappa shape index (κ3) is 3.74. The van der Waals surface area contributed by atoms with Gasteiger partial charge in [-0.15, -0.1) is 0 Å². The van der Waals surface area contributed by atoms with E-state index in [1.54, 1.807) is 0 Å². The molecule has 0 unspecified atom stereocenters. The highest BCUT2D eigenvalue weighted by Gasteiger charge is 2.37. The molecule has 22 heavy (non-hydrogen) atoms. The van der Waals surface area contributed by atoms with Crippen molar-refractivity contribution in [3.05, 3.63) is 71.8 Å². The van der Waals surface area contributed by atoms with Crippen LogP contribution in [-0.2, 0) is 16.1 Å². The summed E-state index contributed by atoms with van der Waals surface area (Å²) in [7, 11) is 0. The minimum absolute atomic E-state index is 0.0200. The summed E-state index contributed by atoms with van der Waals surface area (Å²) in [5.74, 6) is 0. The second kappa shape index (κ2) is 6.61. The van der Waals surface area contributed by atoms with Gasteiger partial charge >= 0.3 is 0 Å². The Balaban J connectivity index is 1.75. The van der Waals surface area contributed by atoms with E-state index in [1.165, 1.54) is 5.56 Å². The lowest BCUT2D eigenvalue weighted by Gasteiger charge is -2.26. The zero-order valence-electron chi connectivity index (χ0n) is 13.2. The largest absolute Gasteiger partial charge is 0.365 e. The fraction of sp³-hybridized carbons (Fsp3) is 0.368. The topological polar surface area (TPSA) is 30.5 Å². The third-order valence-corrected chi connectivity index (χ3v) is 3.83. The van der Waals surface area contributed by atoms with Crippen LogP contribution >= 0.6 is 0 Å². The SMILES string of the molecule is CC1(C)CO[C@H]([C@H](OCc2ccccc2)c2ccccc2)N1. The molecule has 1 heterocycles. The van der Waals surface area contributed by atoms with Crippen LogP contribution in [0.15, 0.2) is 60.7 Å². The van der Waals surface area contributed by atoms with Gasteiger partial charge in [-0.3, -0.25) is 5.32 Å². The first-order valence-electron chi connectivity index (χ1n) is 7.74. The quantitative estimate of drug-likeness (QED) is 0.913. The molecule has 3 heteroatoms. The fourth-order valence-electron chi connectivity index (χ4n) is 2.69. The Labute approximate surface area is 132 Å². The highest BCUT2D eigenvalue weighted by molar-refractivity contribution is 5.20. The molecule has 2 atom stereocenters. The van der Waals surface area contributed by atoms with Crippen molar-refractivity contribution in [2.45, 2.75) is 38.3 Å². The van der Waals surface area contributed by atoms with E-state index in [0.717, 1.165) is 5.56 Å². The molecule has 1 fully saturated rings. The first kappa shape index (κ1) is 15.2. The molecule has 0 bridgehead atoms. The monoisotopic (exact) mass is 297 g/mol. The molecule has 1 N–H and O–H groups in total. The predicted octanol–water partition coefficient (Wildman–Crippen LogP) is 3.67. The standard InChI is InChI=1S/C19H23NO2/c1-19(2)14-22-18(20-19)17(16-11-7-4-8-12-16)21-13-15-9-5-3-6-10-15/h3-12,17-18,20H,13-14H2,1-2H3/t17-,18-/m1/s1. The molecule has 0 saturated carbocycles. The summed E-state index contributed by atoms with van der Waals surface area (Å²) >= 11 is 0. The second-order valence-corrected chi connectivity index (χ2v) is 6.39. The van der Waals surface area contributed by atoms with E-state index in [4.69, 9.17) is 9.47 Å². The summed E-state index contributed by atoms with van der Waals surface area (Å²) in [6.45, 7) is 5.55. The van der Waals surface area contributed by atoms with Crippen molar-refractivity contribution in [3.8, 4) is 0 Å². The zero-order chi connectivity index (χ0) is 15.4. The molecule has 2 aromatic rings. The predicted molar refractivity (Wildman–Crippen MR) is 87.4 cm³/mol. The summed E-state index contributed by atoms with van der Waals surface area (Å²) in [6.07, 6.45) is -0.246. The van der Waals surface area contributed by atoms with Crippen LogP contribution in [0, 0.1) is 0 Å². The van der Waals surface area contributed by atoms with Crippen LogP contribution in [0.2, 0.25) is 0 Å². The molecule has 1 aliphatic heterocycles. The fourth-order valence-corrected chi connectivity index (χ4v) is 2.69. The molecule has 116 valence electrons. The molecule has 2 aromatic carbocycles. The molecule has 1 aliphatic rings. The molecule has 0 aromatic heterocycles. The Bertz CT molecular complexity index is 583. The summed E-state index contributed by atoms with van der Waals surface area (Å²) in [5.41, 5.74) is 2.28. The smallest absolute Gasteiger partial charge is 0.139 e. The first-order chi connectivity index (χ1) is 10.6. The van der Waals surface area contributed by atoms with E-state index < -0.39 is 0 Å². The van der Waals surface area contributed by atoms with Crippen LogP contribution in [0.3, 0.4) is 0 Å². The maximum atomic E-state index is 6.20. The lowest BCUT2D eigenvalue weighted by molar-refractivity contribution is -0.0656. The van der Waals surface area contributed by atoms with Crippen molar-refractivity contribution < 1.29 is 9.47 Å². The molecule has 0 aliphatic carbocycles. The van der Waals surface area contributed by atoms with Crippen LogP contribution in [0.1, 0.15) is 31.1 Å². The normalized spacial score (nSPS) is 21.6. The van der Waals surface area contributed by atoms with Crippen LogP contribution < -0.4 is 5.32 Å². The Morgan fingerprint density at radius 1 is 1.09 bits per heavy atom. The highest BCUT2D eigenvalue weighted by Crippen LogP contribution is 2.29. The molecule has 3 nitrogen and oxygen atoms in total. The minimum atomic E-state index is -0.124. The molecular formula is C19H23NO2. The first-order valence-corrected chi connectivity index (χ1v) is 7.74. The number of benzene rings is 2. The molecule has 0 radical (unpaired) electrons. The maximum absolute atomic E-state index is 6.20. The van der Waals surface area contributed by atoms with Crippen molar-refractivity contribution >= 4 is 0 Å². The van der Waals surface area contributed by atoms with Crippen molar-refractivity contribution in [2.75, 3.05) is 6.61 Å². The minimum Gasteiger partial charge on any atom is -0.365 e. The van der Waals surface area contributed by atoms with Crippen LogP contribution in [0.25, 0.3) is 0 Å². The van der Waals surface area contributed by atoms with Gasteiger partial charge in [-0.25, -0.2) is 0 Å². The van der Waals surface area contributed by atoms with E-state index in [1.807, 2.05) is 36.4 Å². The number of rotatable bonds is 5. The van der Waals surface area contributed by atoms with Gasteiger partial charge in [0.15, 0.2) is 0 Å². The van der Waals surface area contributed by atoms with Gasteiger partial charge in [0.1, 0.15) is 12.3 Å². The average molecular weight is 297 g/mol. The van der Waals surface area contributed by atoms with Gasteiger partial charge in [0.25, 0.3) is 0 Å². The van der Waals surface area contributed by atoms with Crippen LogP contribution in [-0.4, -0.2) is 18.4 Å². The van der Waals surface area contributed by atoms with Gasteiger partial charge < -0.3 is 9.47 Å². The molecule has 0 amide bonds. The van der Waals surface area contributed by atoms with Gasteiger partial charge in [-0.05, 0) is 25.0 Å². The van der Waals surface area contributed by atoms with E-state index in [0.29, 0.717) is 13.2 Å². The van der Waals surface area contributed by atoms with Crippen molar-refractivity contribution in [2.24, 2.45) is 0 Å². The maximum Gasteiger partial charge on any atom is 0.139 e. The van der Waals surface area contributed by atoms with Gasteiger partial charge in [0.2, 0.25) is 0 Å². The Morgan fingerprint density at radius 3 is 2.32 bits per heavy atom. The second-order valence-electron chi connectivity index (χ2n) is 6.39. The van der Waals surface area contributed by atoms with E-state index in [9.17, 15) is 0 Å². The summed E-state index contributed by atoms with van der Waals surface area (Å²) in [5, 5.41) is 3.52.